The van der Waals surface area contributed by atoms with E-state index in [-0.39, 0.29) is 24.3 Å². The highest BCUT2D eigenvalue weighted by Gasteiger charge is 2.44. The molecule has 174 valence electrons. The van der Waals surface area contributed by atoms with Crippen molar-refractivity contribution in [2.45, 2.75) is 25.4 Å². The molecule has 3 N–H and O–H groups in total. The number of rotatable bonds is 10. The van der Waals surface area contributed by atoms with Crippen molar-refractivity contribution in [2.24, 2.45) is 0 Å². The zero-order valence-corrected chi connectivity index (χ0v) is 19.0. The van der Waals surface area contributed by atoms with E-state index in [2.05, 4.69) is 10.6 Å². The summed E-state index contributed by atoms with van der Waals surface area (Å²) in [5.74, 6) is -2.59. The average Bonchev–Trinajstić information content (AvgIpc) is 2.75. The molecule has 0 radical (unpaired) electrons. The van der Waals surface area contributed by atoms with E-state index in [0.29, 0.717) is 13.0 Å². The lowest BCUT2D eigenvalue weighted by atomic mass is 9.92. The van der Waals surface area contributed by atoms with Crippen LogP contribution in [0.3, 0.4) is 0 Å². The van der Waals surface area contributed by atoms with Crippen LogP contribution >= 0.6 is 11.8 Å². The SMILES string of the molecule is CCc1ccc(Nc2c(C(=O)N3CC(O)(CNCCCSC)C3)ccc(F)c2F)c(F)c1. The van der Waals surface area contributed by atoms with E-state index in [0.717, 1.165) is 30.3 Å². The molecule has 2 aromatic carbocycles. The lowest BCUT2D eigenvalue weighted by Gasteiger charge is -2.46. The number of nitrogens with one attached hydrogen (secondary N) is 2. The monoisotopic (exact) mass is 467 g/mol. The molecule has 5 nitrogen and oxygen atoms in total. The van der Waals surface area contributed by atoms with E-state index in [1.54, 1.807) is 17.8 Å². The fourth-order valence-corrected chi connectivity index (χ4v) is 4.05. The molecule has 9 heteroatoms. The predicted octanol–water partition coefficient (Wildman–Crippen LogP) is 3.94. The maximum atomic E-state index is 14.6. The van der Waals surface area contributed by atoms with Gasteiger partial charge in [0.2, 0.25) is 0 Å². The van der Waals surface area contributed by atoms with Gasteiger partial charge in [0.1, 0.15) is 11.4 Å². The predicted molar refractivity (Wildman–Crippen MR) is 122 cm³/mol. The molecule has 0 aromatic heterocycles. The third kappa shape index (κ3) is 5.57. The Balaban J connectivity index is 1.72. The Bertz CT molecular complexity index is 968. The van der Waals surface area contributed by atoms with Crippen molar-refractivity contribution in [2.75, 3.05) is 43.5 Å². The fourth-order valence-electron chi connectivity index (χ4n) is 3.62. The van der Waals surface area contributed by atoms with Crippen LogP contribution in [0.5, 0.6) is 0 Å². The van der Waals surface area contributed by atoms with Crippen molar-refractivity contribution in [3.8, 4) is 0 Å². The van der Waals surface area contributed by atoms with Gasteiger partial charge < -0.3 is 20.6 Å². The number of aryl methyl sites for hydroxylation is 1. The van der Waals surface area contributed by atoms with Crippen LogP contribution in [0.4, 0.5) is 24.5 Å². The number of carbonyl (C=O) groups is 1. The minimum Gasteiger partial charge on any atom is -0.385 e. The number of hydrogen-bond acceptors (Lipinski definition) is 5. The zero-order chi connectivity index (χ0) is 23.3. The van der Waals surface area contributed by atoms with Gasteiger partial charge in [0.15, 0.2) is 11.6 Å². The van der Waals surface area contributed by atoms with Gasteiger partial charge in [0.25, 0.3) is 5.91 Å². The molecule has 0 unspecified atom stereocenters. The molecule has 2 aromatic rings. The van der Waals surface area contributed by atoms with Crippen molar-refractivity contribution < 1.29 is 23.1 Å². The topological polar surface area (TPSA) is 64.6 Å². The summed E-state index contributed by atoms with van der Waals surface area (Å²) >= 11 is 1.75. The molecular weight excluding hydrogens is 439 g/mol. The maximum Gasteiger partial charge on any atom is 0.256 e. The number of likely N-dealkylation sites (tertiary alicyclic amines) is 1. The summed E-state index contributed by atoms with van der Waals surface area (Å²) in [7, 11) is 0. The highest BCUT2D eigenvalue weighted by atomic mass is 32.2. The molecule has 0 aliphatic carbocycles. The van der Waals surface area contributed by atoms with Crippen LogP contribution in [0, 0.1) is 17.5 Å². The summed E-state index contributed by atoms with van der Waals surface area (Å²) in [6.07, 6.45) is 3.62. The van der Waals surface area contributed by atoms with Crippen molar-refractivity contribution in [1.29, 1.82) is 0 Å². The molecule has 0 saturated carbocycles. The number of aliphatic hydroxyl groups is 1. The second-order valence-corrected chi connectivity index (χ2v) is 8.97. The molecule has 1 aliphatic rings. The molecular formula is C23H28F3N3O2S. The molecule has 0 spiro atoms. The molecule has 1 fully saturated rings. The number of thioether (sulfide) groups is 1. The van der Waals surface area contributed by atoms with Gasteiger partial charge in [-0.2, -0.15) is 11.8 Å². The van der Waals surface area contributed by atoms with Crippen LogP contribution in [0.2, 0.25) is 0 Å². The highest BCUT2D eigenvalue weighted by molar-refractivity contribution is 7.98. The summed E-state index contributed by atoms with van der Waals surface area (Å²) < 4.78 is 42.9. The highest BCUT2D eigenvalue weighted by Crippen LogP contribution is 2.31. The van der Waals surface area contributed by atoms with Crippen molar-refractivity contribution >= 4 is 29.0 Å². The number of anilines is 2. The van der Waals surface area contributed by atoms with Crippen molar-refractivity contribution in [1.82, 2.24) is 10.2 Å². The average molecular weight is 468 g/mol. The second kappa shape index (κ2) is 10.6. The molecule has 0 bridgehead atoms. The van der Waals surface area contributed by atoms with Gasteiger partial charge in [0.05, 0.1) is 30.0 Å². The molecule has 1 saturated heterocycles. The first-order valence-electron chi connectivity index (χ1n) is 10.5. The minimum atomic E-state index is -1.26. The maximum absolute atomic E-state index is 14.6. The number of benzene rings is 2. The van der Waals surface area contributed by atoms with Gasteiger partial charge in [-0.25, -0.2) is 13.2 Å². The first kappa shape index (κ1) is 24.4. The van der Waals surface area contributed by atoms with Crippen LogP contribution in [0.25, 0.3) is 0 Å². The molecule has 3 rings (SSSR count). The lowest BCUT2D eigenvalue weighted by Crippen LogP contribution is -2.67. The number of amides is 1. The zero-order valence-electron chi connectivity index (χ0n) is 18.2. The Morgan fingerprint density at radius 1 is 1.19 bits per heavy atom. The first-order valence-corrected chi connectivity index (χ1v) is 11.9. The summed E-state index contributed by atoms with van der Waals surface area (Å²) in [5.41, 5.74) is -0.925. The van der Waals surface area contributed by atoms with E-state index in [9.17, 15) is 23.1 Å². The number of β-amino-alcohol motifs (C(OH)–C–C–N with tert-alkyl or cyclic N) is 1. The van der Waals surface area contributed by atoms with Crippen LogP contribution in [0.15, 0.2) is 30.3 Å². The normalized spacial score (nSPS) is 14.9. The third-order valence-electron chi connectivity index (χ3n) is 5.44. The minimum absolute atomic E-state index is 0.0599. The van der Waals surface area contributed by atoms with E-state index >= 15 is 0 Å². The summed E-state index contributed by atoms with van der Waals surface area (Å²) in [6.45, 7) is 3.11. The summed E-state index contributed by atoms with van der Waals surface area (Å²) in [6, 6.07) is 6.44. The Morgan fingerprint density at radius 2 is 1.94 bits per heavy atom. The third-order valence-corrected chi connectivity index (χ3v) is 6.14. The standard InChI is InChI=1S/C23H28F3N3O2S/c1-3-15-5-8-19(18(25)11-15)28-21-16(6-7-17(24)20(21)26)22(30)29-13-23(31,14-29)12-27-9-4-10-32-2/h5-8,11,27-28,31H,3-4,9-10,12-14H2,1-2H3. The number of nitrogens with zero attached hydrogens (tertiary/aromatic N) is 1. The quantitative estimate of drug-likeness (QED) is 0.462. The smallest absolute Gasteiger partial charge is 0.256 e. The van der Waals surface area contributed by atoms with Gasteiger partial charge in [-0.15, -0.1) is 0 Å². The van der Waals surface area contributed by atoms with E-state index in [4.69, 9.17) is 0 Å². The molecule has 1 heterocycles. The van der Waals surface area contributed by atoms with Crippen molar-refractivity contribution in [3.05, 3.63) is 58.9 Å². The van der Waals surface area contributed by atoms with Gasteiger partial charge in [-0.3, -0.25) is 4.79 Å². The Morgan fingerprint density at radius 3 is 2.59 bits per heavy atom. The van der Waals surface area contributed by atoms with Crippen LogP contribution < -0.4 is 10.6 Å². The Hall–Kier alpha value is -2.23. The van der Waals surface area contributed by atoms with E-state index in [1.165, 1.54) is 23.1 Å². The molecule has 0 atom stereocenters. The number of halogens is 3. The lowest BCUT2D eigenvalue weighted by molar-refractivity contribution is -0.0783. The molecule has 1 amide bonds. The second-order valence-electron chi connectivity index (χ2n) is 7.99. The van der Waals surface area contributed by atoms with E-state index in [1.807, 2.05) is 13.2 Å². The molecule has 1 aliphatic heterocycles. The van der Waals surface area contributed by atoms with Gasteiger partial charge in [0, 0.05) is 6.54 Å². The largest absolute Gasteiger partial charge is 0.385 e. The summed E-state index contributed by atoms with van der Waals surface area (Å²) in [4.78, 5) is 14.3. The molecule has 32 heavy (non-hydrogen) atoms. The van der Waals surface area contributed by atoms with E-state index < -0.39 is 34.6 Å². The van der Waals surface area contributed by atoms with Gasteiger partial charge in [-0.05, 0) is 61.2 Å². The van der Waals surface area contributed by atoms with Crippen LogP contribution in [-0.2, 0) is 6.42 Å². The first-order chi connectivity index (χ1) is 15.3. The Kier molecular flexibility index (Phi) is 8.08. The number of hydrogen-bond donors (Lipinski definition) is 3. The number of carbonyl (C=O) groups excluding carboxylic acids is 1. The van der Waals surface area contributed by atoms with Crippen LogP contribution in [-0.4, -0.2) is 59.7 Å². The Labute approximate surface area is 190 Å². The summed E-state index contributed by atoms with van der Waals surface area (Å²) in [5, 5.41) is 16.3. The van der Waals surface area contributed by atoms with Crippen LogP contribution in [0.1, 0.15) is 29.3 Å². The van der Waals surface area contributed by atoms with Gasteiger partial charge >= 0.3 is 0 Å². The van der Waals surface area contributed by atoms with Crippen molar-refractivity contribution in [3.63, 3.8) is 0 Å². The van der Waals surface area contributed by atoms with Gasteiger partial charge in [-0.1, -0.05) is 13.0 Å². The fraction of sp³-hybridized carbons (Fsp3) is 0.435.